The molecule has 0 spiro atoms. The number of hydrogen-bond acceptors (Lipinski definition) is 3. The maximum Gasteiger partial charge on any atom is 0.390 e. The zero-order valence-corrected chi connectivity index (χ0v) is 12.1. The molecule has 0 saturated carbocycles. The van der Waals surface area contributed by atoms with E-state index in [0.29, 0.717) is 11.1 Å². The van der Waals surface area contributed by atoms with Crippen molar-refractivity contribution in [2.24, 2.45) is 5.73 Å². The van der Waals surface area contributed by atoms with Gasteiger partial charge in [-0.1, -0.05) is 17.9 Å². The van der Waals surface area contributed by atoms with E-state index in [1.165, 1.54) is 6.07 Å². The van der Waals surface area contributed by atoms with Gasteiger partial charge in [0.1, 0.15) is 0 Å². The molecule has 1 aromatic carbocycles. The van der Waals surface area contributed by atoms with Crippen LogP contribution >= 0.6 is 0 Å². The first-order valence-electron chi connectivity index (χ1n) is 6.02. The first kappa shape index (κ1) is 17.5. The Morgan fingerprint density at radius 2 is 2.00 bits per heavy atom. The number of aryl methyl sites for hydroxylation is 1. The number of nitrogens with two attached hydrogens (primary N) is 1. The second kappa shape index (κ2) is 6.93. The van der Waals surface area contributed by atoms with Gasteiger partial charge in [0.05, 0.1) is 17.9 Å². The van der Waals surface area contributed by atoms with Gasteiger partial charge in [-0.15, -0.1) is 0 Å². The highest BCUT2D eigenvalue weighted by molar-refractivity contribution is 7.89. The minimum absolute atomic E-state index is 0.0894. The summed E-state index contributed by atoms with van der Waals surface area (Å²) < 4.78 is 62.1. The van der Waals surface area contributed by atoms with E-state index in [0.717, 1.165) is 0 Å². The molecule has 3 N–H and O–H groups in total. The highest BCUT2D eigenvalue weighted by Gasteiger charge is 2.27. The van der Waals surface area contributed by atoms with Crippen LogP contribution in [0.2, 0.25) is 0 Å². The molecule has 8 heteroatoms. The van der Waals surface area contributed by atoms with Crippen LogP contribution in [0, 0.1) is 18.8 Å². The quantitative estimate of drug-likeness (QED) is 0.827. The fraction of sp³-hybridized carbons (Fsp3) is 0.385. The Morgan fingerprint density at radius 1 is 1.33 bits per heavy atom. The number of nitrogens with one attached hydrogen (secondary N) is 1. The summed E-state index contributed by atoms with van der Waals surface area (Å²) in [5, 5.41) is 0. The molecule has 0 heterocycles. The molecule has 0 atom stereocenters. The van der Waals surface area contributed by atoms with Crippen LogP contribution in [0.1, 0.15) is 17.5 Å². The van der Waals surface area contributed by atoms with Crippen LogP contribution in [0.5, 0.6) is 0 Å². The molecule has 0 fully saturated rings. The summed E-state index contributed by atoms with van der Waals surface area (Å²) >= 11 is 0. The van der Waals surface area contributed by atoms with Crippen LogP contribution in [-0.2, 0) is 10.0 Å². The molecule has 0 amide bonds. The second-order valence-corrected chi connectivity index (χ2v) is 5.98. The van der Waals surface area contributed by atoms with Gasteiger partial charge in [-0.05, 0) is 24.6 Å². The maximum absolute atomic E-state index is 12.1. The highest BCUT2D eigenvalue weighted by atomic mass is 32.2. The lowest BCUT2D eigenvalue weighted by Crippen LogP contribution is -2.28. The molecular formula is C13H15F3N2O2S. The minimum Gasteiger partial charge on any atom is -0.320 e. The Balaban J connectivity index is 2.97. The first-order valence-corrected chi connectivity index (χ1v) is 7.50. The van der Waals surface area contributed by atoms with Gasteiger partial charge in [-0.25, -0.2) is 13.1 Å². The topological polar surface area (TPSA) is 72.2 Å². The van der Waals surface area contributed by atoms with Crippen LogP contribution in [0.15, 0.2) is 23.1 Å². The number of rotatable bonds is 4. The number of halogens is 3. The van der Waals surface area contributed by atoms with Crippen molar-refractivity contribution in [2.45, 2.75) is 24.4 Å². The van der Waals surface area contributed by atoms with E-state index >= 15 is 0 Å². The fourth-order valence-corrected chi connectivity index (χ4v) is 2.83. The van der Waals surface area contributed by atoms with Crippen LogP contribution in [0.3, 0.4) is 0 Å². The summed E-state index contributed by atoms with van der Waals surface area (Å²) in [6, 6.07) is 4.47. The molecule has 0 bridgehead atoms. The summed E-state index contributed by atoms with van der Waals surface area (Å²) in [4.78, 5) is -0.0894. The molecule has 21 heavy (non-hydrogen) atoms. The molecule has 0 aliphatic rings. The summed E-state index contributed by atoms with van der Waals surface area (Å²) in [6.45, 7) is 0.974. The van der Waals surface area contributed by atoms with Crippen molar-refractivity contribution in [3.63, 3.8) is 0 Å². The van der Waals surface area contributed by atoms with Crippen molar-refractivity contribution in [3.05, 3.63) is 29.3 Å². The van der Waals surface area contributed by atoms with Gasteiger partial charge in [0.15, 0.2) is 0 Å². The Kier molecular flexibility index (Phi) is 5.78. The summed E-state index contributed by atoms with van der Waals surface area (Å²) in [6.07, 6.45) is -5.63. The van der Waals surface area contributed by atoms with E-state index in [1.54, 1.807) is 19.1 Å². The van der Waals surface area contributed by atoms with Crippen molar-refractivity contribution < 1.29 is 21.6 Å². The standard InChI is InChI=1S/C13H15F3N2O2S/c1-10-4-5-11(3-2-7-17)9-12(10)21(19,20)18-8-6-13(14,15)16/h4-5,9,18H,6-8,17H2,1H3. The van der Waals surface area contributed by atoms with E-state index < -0.39 is 29.2 Å². The molecule has 0 aliphatic heterocycles. The molecule has 0 saturated heterocycles. The summed E-state index contributed by atoms with van der Waals surface area (Å²) in [5.74, 6) is 5.26. The van der Waals surface area contributed by atoms with E-state index in [-0.39, 0.29) is 11.4 Å². The van der Waals surface area contributed by atoms with Gasteiger partial charge in [-0.2, -0.15) is 13.2 Å². The number of benzene rings is 1. The zero-order valence-electron chi connectivity index (χ0n) is 11.3. The molecule has 1 rings (SSSR count). The van der Waals surface area contributed by atoms with E-state index in [2.05, 4.69) is 11.8 Å². The molecule has 0 unspecified atom stereocenters. The van der Waals surface area contributed by atoms with Crippen molar-refractivity contribution in [1.82, 2.24) is 4.72 Å². The third kappa shape index (κ3) is 5.75. The van der Waals surface area contributed by atoms with Gasteiger partial charge in [0.2, 0.25) is 10.0 Å². The number of sulfonamides is 1. The lowest BCUT2D eigenvalue weighted by atomic mass is 10.1. The molecule has 0 radical (unpaired) electrons. The van der Waals surface area contributed by atoms with Crippen molar-refractivity contribution in [1.29, 1.82) is 0 Å². The molecule has 4 nitrogen and oxygen atoms in total. The Hall–Kier alpha value is -1.56. The molecule has 1 aromatic rings. The predicted octanol–water partition coefficient (Wildman–Crippen LogP) is 1.54. The van der Waals surface area contributed by atoms with Gasteiger partial charge >= 0.3 is 6.18 Å². The Bertz CT molecular complexity index is 658. The number of hydrogen-bond donors (Lipinski definition) is 2. The monoisotopic (exact) mass is 320 g/mol. The normalized spacial score (nSPS) is 11.9. The highest BCUT2D eigenvalue weighted by Crippen LogP contribution is 2.20. The maximum atomic E-state index is 12.1. The summed E-state index contributed by atoms with van der Waals surface area (Å²) in [5.41, 5.74) is 6.08. The fourth-order valence-electron chi connectivity index (χ4n) is 1.53. The van der Waals surface area contributed by atoms with Crippen LogP contribution in [0.25, 0.3) is 0 Å². The van der Waals surface area contributed by atoms with E-state index in [1.807, 2.05) is 4.72 Å². The third-order valence-electron chi connectivity index (χ3n) is 2.51. The minimum atomic E-state index is -4.41. The van der Waals surface area contributed by atoms with Gasteiger partial charge in [0.25, 0.3) is 0 Å². The molecule has 0 aliphatic carbocycles. The van der Waals surface area contributed by atoms with Crippen molar-refractivity contribution in [2.75, 3.05) is 13.1 Å². The van der Waals surface area contributed by atoms with E-state index in [9.17, 15) is 21.6 Å². The van der Waals surface area contributed by atoms with Crippen molar-refractivity contribution in [3.8, 4) is 11.8 Å². The van der Waals surface area contributed by atoms with Gasteiger partial charge in [-0.3, -0.25) is 0 Å². The average Bonchev–Trinajstić information content (AvgIpc) is 2.35. The largest absolute Gasteiger partial charge is 0.390 e. The Labute approximate surface area is 121 Å². The predicted molar refractivity (Wildman–Crippen MR) is 73.0 cm³/mol. The lowest BCUT2D eigenvalue weighted by molar-refractivity contribution is -0.132. The van der Waals surface area contributed by atoms with Gasteiger partial charge in [0, 0.05) is 12.1 Å². The first-order chi connectivity index (χ1) is 9.65. The smallest absolute Gasteiger partial charge is 0.320 e. The Morgan fingerprint density at radius 3 is 2.57 bits per heavy atom. The molecular weight excluding hydrogens is 305 g/mol. The lowest BCUT2D eigenvalue weighted by Gasteiger charge is -2.11. The van der Waals surface area contributed by atoms with E-state index in [4.69, 9.17) is 5.73 Å². The zero-order chi connectivity index (χ0) is 16.1. The number of alkyl halides is 3. The van der Waals surface area contributed by atoms with Gasteiger partial charge < -0.3 is 5.73 Å². The van der Waals surface area contributed by atoms with Crippen molar-refractivity contribution >= 4 is 10.0 Å². The molecule has 0 aromatic heterocycles. The molecule has 116 valence electrons. The SMILES string of the molecule is Cc1ccc(C#CCN)cc1S(=O)(=O)NCCC(F)(F)F. The average molecular weight is 320 g/mol. The second-order valence-electron chi connectivity index (χ2n) is 4.25. The van der Waals surface area contributed by atoms with Crippen LogP contribution in [0.4, 0.5) is 13.2 Å². The van der Waals surface area contributed by atoms with Crippen LogP contribution in [-0.4, -0.2) is 27.7 Å². The van der Waals surface area contributed by atoms with Crippen LogP contribution < -0.4 is 10.5 Å². The third-order valence-corrected chi connectivity index (χ3v) is 4.12. The summed E-state index contributed by atoms with van der Waals surface area (Å²) in [7, 11) is -4.01.